The lowest BCUT2D eigenvalue weighted by molar-refractivity contribution is -0.135. The molecule has 0 fully saturated rings. The van der Waals surface area contributed by atoms with Gasteiger partial charge in [0, 0.05) is 24.0 Å². The SMILES string of the molecule is CCC(=O)Nc1cc(N/C=C(/C#N)C(=O)OC)ccc1C. The summed E-state index contributed by atoms with van der Waals surface area (Å²) in [6, 6.07) is 7.08. The fourth-order valence-electron chi connectivity index (χ4n) is 1.49. The number of benzene rings is 1. The predicted molar refractivity (Wildman–Crippen MR) is 79.4 cm³/mol. The number of hydrogen-bond donors (Lipinski definition) is 2. The Kier molecular flexibility index (Phi) is 5.96. The summed E-state index contributed by atoms with van der Waals surface area (Å²) in [6.07, 6.45) is 1.65. The summed E-state index contributed by atoms with van der Waals surface area (Å²) in [7, 11) is 1.21. The van der Waals surface area contributed by atoms with Crippen molar-refractivity contribution in [3.8, 4) is 6.07 Å². The standard InChI is InChI=1S/C15H17N3O3/c1-4-14(19)18-13-7-12(6-5-10(13)2)17-9-11(8-16)15(20)21-3/h5-7,9,17H,4H2,1-3H3,(H,18,19)/b11-9-. The van der Waals surface area contributed by atoms with E-state index in [1.54, 1.807) is 25.1 Å². The third kappa shape index (κ3) is 4.66. The first-order valence-electron chi connectivity index (χ1n) is 6.37. The molecular formula is C15H17N3O3. The van der Waals surface area contributed by atoms with Crippen LogP contribution in [0.5, 0.6) is 0 Å². The van der Waals surface area contributed by atoms with Crippen molar-refractivity contribution in [3.63, 3.8) is 0 Å². The number of aryl methyl sites for hydroxylation is 1. The lowest BCUT2D eigenvalue weighted by Crippen LogP contribution is -2.10. The van der Waals surface area contributed by atoms with Gasteiger partial charge in [-0.3, -0.25) is 4.79 Å². The number of nitriles is 1. The van der Waals surface area contributed by atoms with Crippen LogP contribution in [0.4, 0.5) is 11.4 Å². The van der Waals surface area contributed by atoms with Gasteiger partial charge in [0.1, 0.15) is 6.07 Å². The van der Waals surface area contributed by atoms with Gasteiger partial charge in [-0.25, -0.2) is 4.79 Å². The van der Waals surface area contributed by atoms with E-state index in [1.807, 2.05) is 13.0 Å². The number of nitrogens with zero attached hydrogens (tertiary/aromatic N) is 1. The lowest BCUT2D eigenvalue weighted by atomic mass is 10.1. The zero-order valence-corrected chi connectivity index (χ0v) is 12.2. The first kappa shape index (κ1) is 16.2. The second-order valence-electron chi connectivity index (χ2n) is 4.24. The molecule has 1 aromatic rings. The molecule has 1 rings (SSSR count). The fourth-order valence-corrected chi connectivity index (χ4v) is 1.49. The summed E-state index contributed by atoms with van der Waals surface area (Å²) < 4.78 is 4.47. The Balaban J connectivity index is 2.93. The highest BCUT2D eigenvalue weighted by molar-refractivity contribution is 5.93. The van der Waals surface area contributed by atoms with E-state index in [-0.39, 0.29) is 11.5 Å². The van der Waals surface area contributed by atoms with Crippen LogP contribution in [0.15, 0.2) is 30.0 Å². The van der Waals surface area contributed by atoms with E-state index in [2.05, 4.69) is 15.4 Å². The van der Waals surface area contributed by atoms with Crippen LogP contribution in [0, 0.1) is 18.3 Å². The topological polar surface area (TPSA) is 91.2 Å². The number of methoxy groups -OCH3 is 1. The maximum absolute atomic E-state index is 11.4. The minimum Gasteiger partial charge on any atom is -0.465 e. The molecule has 6 nitrogen and oxygen atoms in total. The minimum absolute atomic E-state index is 0.0851. The van der Waals surface area contributed by atoms with Gasteiger partial charge in [-0.1, -0.05) is 13.0 Å². The van der Waals surface area contributed by atoms with Gasteiger partial charge in [-0.2, -0.15) is 5.26 Å². The molecule has 1 amide bonds. The molecule has 0 bridgehead atoms. The molecule has 0 unspecified atom stereocenters. The minimum atomic E-state index is -0.711. The molecule has 2 N–H and O–H groups in total. The molecule has 110 valence electrons. The molecule has 21 heavy (non-hydrogen) atoms. The van der Waals surface area contributed by atoms with E-state index in [0.29, 0.717) is 17.8 Å². The Hall–Kier alpha value is -2.81. The Morgan fingerprint density at radius 3 is 2.71 bits per heavy atom. The van der Waals surface area contributed by atoms with E-state index < -0.39 is 5.97 Å². The maximum Gasteiger partial charge on any atom is 0.350 e. The zero-order valence-electron chi connectivity index (χ0n) is 12.2. The van der Waals surface area contributed by atoms with Gasteiger partial charge in [0.25, 0.3) is 0 Å². The molecule has 0 saturated heterocycles. The van der Waals surface area contributed by atoms with Crippen LogP contribution in [0.25, 0.3) is 0 Å². The van der Waals surface area contributed by atoms with Crippen molar-refractivity contribution in [1.29, 1.82) is 5.26 Å². The molecule has 0 spiro atoms. The van der Waals surface area contributed by atoms with E-state index in [1.165, 1.54) is 13.3 Å². The van der Waals surface area contributed by atoms with E-state index in [4.69, 9.17) is 5.26 Å². The number of ether oxygens (including phenoxy) is 1. The zero-order chi connectivity index (χ0) is 15.8. The number of carbonyl (C=O) groups excluding carboxylic acids is 2. The van der Waals surface area contributed by atoms with E-state index in [0.717, 1.165) is 5.56 Å². The summed E-state index contributed by atoms with van der Waals surface area (Å²) in [5, 5.41) is 14.5. The van der Waals surface area contributed by atoms with Crippen molar-refractivity contribution >= 4 is 23.3 Å². The van der Waals surface area contributed by atoms with Gasteiger partial charge in [0.2, 0.25) is 5.91 Å². The van der Waals surface area contributed by atoms with Crippen LogP contribution in [0.2, 0.25) is 0 Å². The average molecular weight is 287 g/mol. The van der Waals surface area contributed by atoms with E-state index >= 15 is 0 Å². The van der Waals surface area contributed by atoms with Gasteiger partial charge in [0.05, 0.1) is 7.11 Å². The van der Waals surface area contributed by atoms with Crippen molar-refractivity contribution < 1.29 is 14.3 Å². The van der Waals surface area contributed by atoms with Crippen molar-refractivity contribution in [2.75, 3.05) is 17.7 Å². The number of rotatable bonds is 5. The first-order chi connectivity index (χ1) is 10.0. The van der Waals surface area contributed by atoms with Gasteiger partial charge >= 0.3 is 5.97 Å². The predicted octanol–water partition coefficient (Wildman–Crippen LogP) is 2.34. The monoisotopic (exact) mass is 287 g/mol. The van der Waals surface area contributed by atoms with Crippen molar-refractivity contribution in [3.05, 3.63) is 35.5 Å². The number of nitrogens with one attached hydrogen (secondary N) is 2. The molecule has 0 heterocycles. The Bertz CT molecular complexity index is 615. The van der Waals surface area contributed by atoms with Crippen molar-refractivity contribution in [1.82, 2.24) is 0 Å². The molecule has 0 radical (unpaired) electrons. The second-order valence-corrected chi connectivity index (χ2v) is 4.24. The Labute approximate surface area is 123 Å². The van der Waals surface area contributed by atoms with Gasteiger partial charge in [0.15, 0.2) is 5.57 Å². The summed E-state index contributed by atoms with van der Waals surface area (Å²) >= 11 is 0. The van der Waals surface area contributed by atoms with Gasteiger partial charge < -0.3 is 15.4 Å². The Morgan fingerprint density at radius 2 is 2.14 bits per heavy atom. The van der Waals surface area contributed by atoms with Crippen LogP contribution >= 0.6 is 0 Å². The first-order valence-corrected chi connectivity index (χ1v) is 6.37. The third-order valence-electron chi connectivity index (χ3n) is 2.74. The van der Waals surface area contributed by atoms with Crippen LogP contribution < -0.4 is 10.6 Å². The molecule has 0 atom stereocenters. The van der Waals surface area contributed by atoms with E-state index in [9.17, 15) is 9.59 Å². The third-order valence-corrected chi connectivity index (χ3v) is 2.74. The van der Waals surface area contributed by atoms with Gasteiger partial charge in [-0.15, -0.1) is 0 Å². The molecule has 6 heteroatoms. The normalized spacial score (nSPS) is 10.5. The quantitative estimate of drug-likeness (QED) is 0.492. The summed E-state index contributed by atoms with van der Waals surface area (Å²) in [5.74, 6) is -0.797. The molecule has 0 aliphatic carbocycles. The average Bonchev–Trinajstić information content (AvgIpc) is 2.50. The highest BCUT2D eigenvalue weighted by Gasteiger charge is 2.08. The molecule has 0 aromatic heterocycles. The molecule has 0 saturated carbocycles. The van der Waals surface area contributed by atoms with Crippen molar-refractivity contribution in [2.24, 2.45) is 0 Å². The maximum atomic E-state index is 11.4. The highest BCUT2D eigenvalue weighted by Crippen LogP contribution is 2.20. The number of esters is 1. The largest absolute Gasteiger partial charge is 0.465 e. The molecule has 0 aliphatic rings. The molecule has 1 aromatic carbocycles. The number of anilines is 2. The van der Waals surface area contributed by atoms with Gasteiger partial charge in [-0.05, 0) is 24.6 Å². The second kappa shape index (κ2) is 7.70. The van der Waals surface area contributed by atoms with Crippen LogP contribution in [0.3, 0.4) is 0 Å². The smallest absolute Gasteiger partial charge is 0.350 e. The molecular weight excluding hydrogens is 270 g/mol. The van der Waals surface area contributed by atoms with Crippen molar-refractivity contribution in [2.45, 2.75) is 20.3 Å². The lowest BCUT2D eigenvalue weighted by Gasteiger charge is -2.10. The number of hydrogen-bond acceptors (Lipinski definition) is 5. The fraction of sp³-hybridized carbons (Fsp3) is 0.267. The Morgan fingerprint density at radius 1 is 1.43 bits per heavy atom. The highest BCUT2D eigenvalue weighted by atomic mass is 16.5. The number of amides is 1. The van der Waals surface area contributed by atoms with Crippen LogP contribution in [-0.4, -0.2) is 19.0 Å². The van der Waals surface area contributed by atoms with Crippen LogP contribution in [0.1, 0.15) is 18.9 Å². The summed E-state index contributed by atoms with van der Waals surface area (Å²) in [5.41, 5.74) is 2.09. The summed E-state index contributed by atoms with van der Waals surface area (Å²) in [6.45, 7) is 3.64. The number of carbonyl (C=O) groups is 2. The van der Waals surface area contributed by atoms with Crippen LogP contribution in [-0.2, 0) is 14.3 Å². The molecule has 0 aliphatic heterocycles. The summed E-state index contributed by atoms with van der Waals surface area (Å²) in [4.78, 5) is 22.7.